The van der Waals surface area contributed by atoms with Crippen molar-refractivity contribution in [2.45, 2.75) is 6.92 Å². The van der Waals surface area contributed by atoms with Crippen LogP contribution in [0.1, 0.15) is 26.4 Å². The fourth-order valence-corrected chi connectivity index (χ4v) is 3.20. The monoisotopic (exact) mass is 397 g/mol. The standard InChI is InChI=1S/C21H23N3O5/c1-11-12(20(25)22-2)7-6-8-14(11)24-21(26)15-9-13-16(27-3)10-17(28-4)19(29-5)18(13)23-15/h6-10,23H,1-5H3,(H,22,25)(H,24,26). The van der Waals surface area contributed by atoms with Crippen LogP contribution >= 0.6 is 0 Å². The number of aromatic nitrogens is 1. The van der Waals surface area contributed by atoms with Crippen molar-refractivity contribution in [2.24, 2.45) is 0 Å². The van der Waals surface area contributed by atoms with Crippen molar-refractivity contribution >= 4 is 28.4 Å². The molecule has 2 aromatic carbocycles. The summed E-state index contributed by atoms with van der Waals surface area (Å²) in [5.74, 6) is 0.929. The molecule has 152 valence electrons. The molecule has 0 fully saturated rings. The predicted molar refractivity (Wildman–Crippen MR) is 110 cm³/mol. The third-order valence-corrected chi connectivity index (χ3v) is 4.74. The van der Waals surface area contributed by atoms with Crippen molar-refractivity contribution in [1.29, 1.82) is 0 Å². The van der Waals surface area contributed by atoms with Gasteiger partial charge in [0.05, 0.1) is 26.8 Å². The van der Waals surface area contributed by atoms with Crippen molar-refractivity contribution < 1.29 is 23.8 Å². The zero-order valence-corrected chi connectivity index (χ0v) is 16.9. The molecule has 0 spiro atoms. The SMILES string of the molecule is CNC(=O)c1cccc(NC(=O)c2cc3c(OC)cc(OC)c(OC)c3[nH]2)c1C. The van der Waals surface area contributed by atoms with Gasteiger partial charge in [-0.15, -0.1) is 0 Å². The zero-order valence-electron chi connectivity index (χ0n) is 16.9. The van der Waals surface area contributed by atoms with Gasteiger partial charge in [0.1, 0.15) is 11.4 Å². The number of carbonyl (C=O) groups excluding carboxylic acids is 2. The van der Waals surface area contributed by atoms with E-state index in [4.69, 9.17) is 14.2 Å². The Bertz CT molecular complexity index is 1090. The second-order valence-electron chi connectivity index (χ2n) is 6.30. The molecule has 3 N–H and O–H groups in total. The molecule has 0 saturated carbocycles. The summed E-state index contributed by atoms with van der Waals surface area (Å²) in [5, 5.41) is 6.12. The molecule has 0 aliphatic rings. The number of fused-ring (bicyclic) bond motifs is 1. The summed E-state index contributed by atoms with van der Waals surface area (Å²) in [6.45, 7) is 1.78. The molecule has 1 heterocycles. The lowest BCUT2D eigenvalue weighted by Crippen LogP contribution is -2.20. The summed E-state index contributed by atoms with van der Waals surface area (Å²) in [6.07, 6.45) is 0. The second-order valence-corrected chi connectivity index (χ2v) is 6.30. The number of anilines is 1. The Hall–Kier alpha value is -3.68. The van der Waals surface area contributed by atoms with E-state index in [-0.39, 0.29) is 11.8 Å². The smallest absolute Gasteiger partial charge is 0.272 e. The number of carbonyl (C=O) groups is 2. The van der Waals surface area contributed by atoms with Crippen LogP contribution in [0.5, 0.6) is 17.2 Å². The molecule has 0 radical (unpaired) electrons. The van der Waals surface area contributed by atoms with Crippen LogP contribution in [0.25, 0.3) is 10.9 Å². The van der Waals surface area contributed by atoms with E-state index in [0.29, 0.717) is 50.7 Å². The van der Waals surface area contributed by atoms with Gasteiger partial charge in [-0.25, -0.2) is 0 Å². The Kier molecular flexibility index (Phi) is 5.63. The largest absolute Gasteiger partial charge is 0.496 e. The Balaban J connectivity index is 2.02. The average molecular weight is 397 g/mol. The first-order chi connectivity index (χ1) is 13.9. The van der Waals surface area contributed by atoms with Crippen molar-refractivity contribution in [3.8, 4) is 17.2 Å². The average Bonchev–Trinajstić information content (AvgIpc) is 3.18. The van der Waals surface area contributed by atoms with Crippen LogP contribution in [-0.2, 0) is 0 Å². The van der Waals surface area contributed by atoms with E-state index in [0.717, 1.165) is 0 Å². The topological polar surface area (TPSA) is 102 Å². The lowest BCUT2D eigenvalue weighted by Gasteiger charge is -2.11. The predicted octanol–water partition coefficient (Wildman–Crippen LogP) is 3.11. The first-order valence-corrected chi connectivity index (χ1v) is 8.89. The lowest BCUT2D eigenvalue weighted by molar-refractivity contribution is 0.0960. The molecule has 8 nitrogen and oxygen atoms in total. The first-order valence-electron chi connectivity index (χ1n) is 8.89. The number of aromatic amines is 1. The van der Waals surface area contributed by atoms with Gasteiger partial charge in [-0.05, 0) is 30.7 Å². The molecule has 0 atom stereocenters. The Labute approximate surface area is 168 Å². The Morgan fingerprint density at radius 3 is 2.31 bits per heavy atom. The summed E-state index contributed by atoms with van der Waals surface area (Å²) in [5.41, 5.74) is 2.62. The molecule has 8 heteroatoms. The van der Waals surface area contributed by atoms with Gasteiger partial charge < -0.3 is 29.8 Å². The lowest BCUT2D eigenvalue weighted by atomic mass is 10.1. The quantitative estimate of drug-likeness (QED) is 0.593. The van der Waals surface area contributed by atoms with Crippen molar-refractivity contribution in [3.05, 3.63) is 47.2 Å². The van der Waals surface area contributed by atoms with Gasteiger partial charge in [0, 0.05) is 29.8 Å². The van der Waals surface area contributed by atoms with Gasteiger partial charge in [0.15, 0.2) is 11.5 Å². The zero-order chi connectivity index (χ0) is 21.1. The molecule has 0 aliphatic heterocycles. The molecular formula is C21H23N3O5. The highest BCUT2D eigenvalue weighted by Gasteiger charge is 2.20. The van der Waals surface area contributed by atoms with E-state index in [2.05, 4.69) is 15.6 Å². The van der Waals surface area contributed by atoms with Gasteiger partial charge in [0.25, 0.3) is 11.8 Å². The fraction of sp³-hybridized carbons (Fsp3) is 0.238. The van der Waals surface area contributed by atoms with Crippen LogP contribution in [0.3, 0.4) is 0 Å². The summed E-state index contributed by atoms with van der Waals surface area (Å²) < 4.78 is 16.2. The molecule has 2 amide bonds. The maximum absolute atomic E-state index is 12.9. The summed E-state index contributed by atoms with van der Waals surface area (Å²) in [4.78, 5) is 28.0. The highest BCUT2D eigenvalue weighted by atomic mass is 16.5. The van der Waals surface area contributed by atoms with Crippen molar-refractivity contribution in [3.63, 3.8) is 0 Å². The van der Waals surface area contributed by atoms with Gasteiger partial charge in [-0.3, -0.25) is 9.59 Å². The van der Waals surface area contributed by atoms with E-state index in [1.165, 1.54) is 14.2 Å². The molecule has 1 aromatic heterocycles. The molecule has 0 unspecified atom stereocenters. The van der Waals surface area contributed by atoms with Crippen LogP contribution < -0.4 is 24.8 Å². The number of H-pyrrole nitrogens is 1. The number of methoxy groups -OCH3 is 3. The number of nitrogens with one attached hydrogen (secondary N) is 3. The highest BCUT2D eigenvalue weighted by Crippen LogP contribution is 2.41. The van der Waals surface area contributed by atoms with Crippen LogP contribution in [0.4, 0.5) is 5.69 Å². The Morgan fingerprint density at radius 1 is 0.966 bits per heavy atom. The van der Waals surface area contributed by atoms with Crippen LogP contribution in [-0.4, -0.2) is 45.2 Å². The number of hydrogen-bond donors (Lipinski definition) is 3. The molecule has 0 saturated heterocycles. The van der Waals surface area contributed by atoms with E-state index < -0.39 is 0 Å². The maximum atomic E-state index is 12.9. The number of hydrogen-bond acceptors (Lipinski definition) is 5. The van der Waals surface area contributed by atoms with Gasteiger partial charge in [0.2, 0.25) is 0 Å². The number of rotatable bonds is 6. The maximum Gasteiger partial charge on any atom is 0.272 e. The summed E-state index contributed by atoms with van der Waals surface area (Å²) in [6, 6.07) is 8.55. The highest BCUT2D eigenvalue weighted by molar-refractivity contribution is 6.09. The third-order valence-electron chi connectivity index (χ3n) is 4.74. The normalized spacial score (nSPS) is 10.5. The summed E-state index contributed by atoms with van der Waals surface area (Å²) >= 11 is 0. The van der Waals surface area contributed by atoms with E-state index in [9.17, 15) is 9.59 Å². The minimum absolute atomic E-state index is 0.217. The molecule has 29 heavy (non-hydrogen) atoms. The number of benzene rings is 2. The van der Waals surface area contributed by atoms with Gasteiger partial charge in [-0.1, -0.05) is 6.07 Å². The van der Waals surface area contributed by atoms with Crippen molar-refractivity contribution in [1.82, 2.24) is 10.3 Å². The number of amides is 2. The van der Waals surface area contributed by atoms with Crippen LogP contribution in [0.15, 0.2) is 30.3 Å². The minimum Gasteiger partial charge on any atom is -0.496 e. The first kappa shape index (κ1) is 20.1. The van der Waals surface area contributed by atoms with Gasteiger partial charge >= 0.3 is 0 Å². The minimum atomic E-state index is -0.360. The van der Waals surface area contributed by atoms with Crippen molar-refractivity contribution in [2.75, 3.05) is 33.7 Å². The molecule has 3 aromatic rings. The molecular weight excluding hydrogens is 374 g/mol. The number of ether oxygens (including phenoxy) is 3. The van der Waals surface area contributed by atoms with E-state index in [1.807, 2.05) is 0 Å². The van der Waals surface area contributed by atoms with E-state index in [1.54, 1.807) is 51.4 Å². The second kappa shape index (κ2) is 8.14. The van der Waals surface area contributed by atoms with E-state index >= 15 is 0 Å². The third kappa shape index (κ3) is 3.56. The molecule has 0 bridgehead atoms. The van der Waals surface area contributed by atoms with Crippen LogP contribution in [0, 0.1) is 6.92 Å². The van der Waals surface area contributed by atoms with Crippen LogP contribution in [0.2, 0.25) is 0 Å². The molecule has 3 rings (SSSR count). The fourth-order valence-electron chi connectivity index (χ4n) is 3.20. The molecule has 0 aliphatic carbocycles. The Morgan fingerprint density at radius 2 is 1.69 bits per heavy atom. The summed E-state index contributed by atoms with van der Waals surface area (Å²) in [7, 11) is 6.16. The van der Waals surface area contributed by atoms with Gasteiger partial charge in [-0.2, -0.15) is 0 Å².